The van der Waals surface area contributed by atoms with Gasteiger partial charge in [-0.25, -0.2) is 9.78 Å². The van der Waals surface area contributed by atoms with Gasteiger partial charge in [0, 0.05) is 10.0 Å². The number of aromatic nitrogens is 2. The lowest BCUT2D eigenvalue weighted by atomic mass is 10.2. The molecule has 4 nitrogen and oxygen atoms in total. The van der Waals surface area contributed by atoms with Crippen molar-refractivity contribution in [2.24, 2.45) is 0 Å². The van der Waals surface area contributed by atoms with E-state index in [0.29, 0.717) is 0 Å². The summed E-state index contributed by atoms with van der Waals surface area (Å²) in [6, 6.07) is 7.69. The number of esters is 1. The number of ether oxygens (including phenoxy) is 1. The van der Waals surface area contributed by atoms with Crippen molar-refractivity contribution in [3.63, 3.8) is 0 Å². The van der Waals surface area contributed by atoms with Gasteiger partial charge in [0.25, 0.3) is 0 Å². The van der Waals surface area contributed by atoms with E-state index in [-0.39, 0.29) is 5.82 Å². The SMILES string of the molecule is COC(=O)c1ncc(-c2ccccc2Br)[nH]1. The fraction of sp³-hybridized carbons (Fsp3) is 0.0909. The van der Waals surface area contributed by atoms with Gasteiger partial charge in [-0.2, -0.15) is 0 Å². The lowest BCUT2D eigenvalue weighted by Crippen LogP contribution is -2.03. The highest BCUT2D eigenvalue weighted by molar-refractivity contribution is 9.10. The Kier molecular flexibility index (Phi) is 3.05. The van der Waals surface area contributed by atoms with Crippen molar-refractivity contribution in [1.82, 2.24) is 9.97 Å². The molecule has 0 aliphatic rings. The van der Waals surface area contributed by atoms with E-state index in [9.17, 15) is 4.79 Å². The van der Waals surface area contributed by atoms with Gasteiger partial charge in [-0.15, -0.1) is 0 Å². The number of halogens is 1. The van der Waals surface area contributed by atoms with Gasteiger partial charge in [0.05, 0.1) is 19.0 Å². The first-order valence-corrected chi connectivity index (χ1v) is 5.40. The highest BCUT2D eigenvalue weighted by Gasteiger charge is 2.11. The molecule has 82 valence electrons. The number of carbonyl (C=O) groups is 1. The maximum absolute atomic E-state index is 11.2. The number of carbonyl (C=O) groups excluding carboxylic acids is 1. The second-order valence-electron chi connectivity index (χ2n) is 3.12. The van der Waals surface area contributed by atoms with Gasteiger partial charge in [0.15, 0.2) is 0 Å². The second-order valence-corrected chi connectivity index (χ2v) is 3.97. The molecular formula is C11H9BrN2O2. The van der Waals surface area contributed by atoms with Crippen LogP contribution in [0.1, 0.15) is 10.6 Å². The zero-order valence-corrected chi connectivity index (χ0v) is 10.1. The maximum atomic E-state index is 11.2. The molecule has 0 radical (unpaired) electrons. The van der Waals surface area contributed by atoms with E-state index in [1.165, 1.54) is 7.11 Å². The second kappa shape index (κ2) is 4.49. The molecule has 16 heavy (non-hydrogen) atoms. The van der Waals surface area contributed by atoms with Gasteiger partial charge in [0.1, 0.15) is 0 Å². The topological polar surface area (TPSA) is 55.0 Å². The fourth-order valence-corrected chi connectivity index (χ4v) is 1.84. The van der Waals surface area contributed by atoms with Crippen molar-refractivity contribution in [1.29, 1.82) is 0 Å². The first kappa shape index (κ1) is 10.9. The Balaban J connectivity index is 2.39. The van der Waals surface area contributed by atoms with Gasteiger partial charge in [0.2, 0.25) is 5.82 Å². The number of hydrogen-bond donors (Lipinski definition) is 1. The van der Waals surface area contributed by atoms with E-state index in [2.05, 4.69) is 30.6 Å². The van der Waals surface area contributed by atoms with Crippen LogP contribution < -0.4 is 0 Å². The van der Waals surface area contributed by atoms with Crippen LogP contribution >= 0.6 is 15.9 Å². The predicted molar refractivity (Wildman–Crippen MR) is 63.1 cm³/mol. The molecule has 0 aliphatic carbocycles. The maximum Gasteiger partial charge on any atom is 0.374 e. The molecule has 0 unspecified atom stereocenters. The summed E-state index contributed by atoms with van der Waals surface area (Å²) < 4.78 is 5.51. The Morgan fingerprint density at radius 1 is 1.44 bits per heavy atom. The van der Waals surface area contributed by atoms with E-state index < -0.39 is 5.97 Å². The fourth-order valence-electron chi connectivity index (χ4n) is 1.34. The lowest BCUT2D eigenvalue weighted by Gasteiger charge is -1.99. The Bertz CT molecular complexity index is 522. The molecule has 0 saturated carbocycles. The van der Waals surface area contributed by atoms with Crippen LogP contribution in [0.4, 0.5) is 0 Å². The molecule has 0 amide bonds. The number of nitrogens with zero attached hydrogens (tertiary/aromatic N) is 1. The lowest BCUT2D eigenvalue weighted by molar-refractivity contribution is 0.0588. The number of hydrogen-bond acceptors (Lipinski definition) is 3. The average molecular weight is 281 g/mol. The van der Waals surface area contributed by atoms with Crippen molar-refractivity contribution in [2.75, 3.05) is 7.11 Å². The number of imidazole rings is 1. The van der Waals surface area contributed by atoms with Crippen molar-refractivity contribution < 1.29 is 9.53 Å². The molecular weight excluding hydrogens is 272 g/mol. The Morgan fingerprint density at radius 2 is 2.19 bits per heavy atom. The normalized spacial score (nSPS) is 10.1. The smallest absolute Gasteiger partial charge is 0.374 e. The van der Waals surface area contributed by atoms with Crippen LogP contribution in [0.3, 0.4) is 0 Å². The zero-order valence-electron chi connectivity index (χ0n) is 8.53. The quantitative estimate of drug-likeness (QED) is 0.861. The highest BCUT2D eigenvalue weighted by Crippen LogP contribution is 2.26. The summed E-state index contributed by atoms with van der Waals surface area (Å²) in [7, 11) is 1.32. The van der Waals surface area contributed by atoms with Crippen molar-refractivity contribution in [2.45, 2.75) is 0 Å². The third-order valence-corrected chi connectivity index (χ3v) is 2.81. The Labute approximate surface area is 101 Å². The third-order valence-electron chi connectivity index (χ3n) is 2.12. The van der Waals surface area contributed by atoms with Crippen LogP contribution in [0.5, 0.6) is 0 Å². The zero-order chi connectivity index (χ0) is 11.5. The van der Waals surface area contributed by atoms with E-state index in [4.69, 9.17) is 0 Å². The Morgan fingerprint density at radius 3 is 2.88 bits per heavy atom. The molecule has 1 aromatic heterocycles. The van der Waals surface area contributed by atoms with E-state index in [1.807, 2.05) is 24.3 Å². The molecule has 5 heteroatoms. The largest absolute Gasteiger partial charge is 0.463 e. The first-order valence-electron chi connectivity index (χ1n) is 4.60. The standard InChI is InChI=1S/C11H9BrN2O2/c1-16-11(15)10-13-6-9(14-10)7-4-2-3-5-8(7)12/h2-6H,1H3,(H,13,14). The molecule has 0 aliphatic heterocycles. The summed E-state index contributed by atoms with van der Waals surface area (Å²) in [6.45, 7) is 0. The van der Waals surface area contributed by atoms with Crippen molar-refractivity contribution in [3.8, 4) is 11.3 Å². The molecule has 0 saturated heterocycles. The average Bonchev–Trinajstić information content (AvgIpc) is 2.78. The van der Waals surface area contributed by atoms with Crippen molar-refractivity contribution >= 4 is 21.9 Å². The third kappa shape index (κ3) is 1.99. The number of benzene rings is 1. The van der Waals surface area contributed by atoms with Crippen LogP contribution in [0.15, 0.2) is 34.9 Å². The monoisotopic (exact) mass is 280 g/mol. The van der Waals surface area contributed by atoms with E-state index >= 15 is 0 Å². The Hall–Kier alpha value is -1.62. The number of methoxy groups -OCH3 is 1. The highest BCUT2D eigenvalue weighted by atomic mass is 79.9. The van der Waals surface area contributed by atoms with Crippen LogP contribution in [0, 0.1) is 0 Å². The number of H-pyrrole nitrogens is 1. The van der Waals surface area contributed by atoms with Gasteiger partial charge < -0.3 is 9.72 Å². The molecule has 0 bridgehead atoms. The molecule has 1 heterocycles. The minimum absolute atomic E-state index is 0.202. The molecule has 0 spiro atoms. The van der Waals surface area contributed by atoms with Crippen molar-refractivity contribution in [3.05, 3.63) is 40.8 Å². The predicted octanol–water partition coefficient (Wildman–Crippen LogP) is 2.63. The molecule has 1 N–H and O–H groups in total. The van der Waals surface area contributed by atoms with Crippen LogP contribution in [-0.2, 0) is 4.74 Å². The minimum atomic E-state index is -0.474. The van der Waals surface area contributed by atoms with Gasteiger partial charge in [-0.1, -0.05) is 34.1 Å². The van der Waals surface area contributed by atoms with E-state index in [0.717, 1.165) is 15.7 Å². The van der Waals surface area contributed by atoms with Crippen LogP contribution in [0.2, 0.25) is 0 Å². The van der Waals surface area contributed by atoms with E-state index in [1.54, 1.807) is 6.20 Å². The molecule has 0 atom stereocenters. The number of aromatic amines is 1. The summed E-state index contributed by atoms with van der Waals surface area (Å²) in [5, 5.41) is 0. The summed E-state index contributed by atoms with van der Waals surface area (Å²) in [5.74, 6) is -0.272. The number of rotatable bonds is 2. The molecule has 2 rings (SSSR count). The van der Waals surface area contributed by atoms with Gasteiger partial charge >= 0.3 is 5.97 Å². The minimum Gasteiger partial charge on any atom is -0.463 e. The summed E-state index contributed by atoms with van der Waals surface area (Å²) in [5.41, 5.74) is 1.72. The molecule has 0 fully saturated rings. The summed E-state index contributed by atoms with van der Waals surface area (Å²) in [4.78, 5) is 18.1. The summed E-state index contributed by atoms with van der Waals surface area (Å²) in [6.07, 6.45) is 1.60. The van der Waals surface area contributed by atoms with Crippen LogP contribution in [-0.4, -0.2) is 23.0 Å². The van der Waals surface area contributed by atoms with Crippen LogP contribution in [0.25, 0.3) is 11.3 Å². The first-order chi connectivity index (χ1) is 7.72. The molecule has 2 aromatic rings. The van der Waals surface area contributed by atoms with Gasteiger partial charge in [-0.05, 0) is 6.07 Å². The van der Waals surface area contributed by atoms with Gasteiger partial charge in [-0.3, -0.25) is 0 Å². The summed E-state index contributed by atoms with van der Waals surface area (Å²) >= 11 is 3.43. The molecule has 1 aromatic carbocycles. The number of nitrogens with one attached hydrogen (secondary N) is 1.